The van der Waals surface area contributed by atoms with E-state index in [-0.39, 0.29) is 5.41 Å². The molecule has 0 saturated carbocycles. The van der Waals surface area contributed by atoms with Crippen LogP contribution in [0.15, 0.2) is 24.3 Å². The number of aryl methyl sites for hydroxylation is 4. The minimum Gasteiger partial charge on any atom is -0.507 e. The monoisotopic (exact) mass is 339 g/mol. The van der Waals surface area contributed by atoms with Crippen LogP contribution in [0.2, 0.25) is 0 Å². The van der Waals surface area contributed by atoms with E-state index < -0.39 is 0 Å². The maximum atomic E-state index is 10.2. The Labute approximate surface area is 150 Å². The first-order chi connectivity index (χ1) is 11.7. The number of hydrogen-bond acceptors (Lipinski definition) is 3. The molecule has 3 heteroatoms. The van der Waals surface area contributed by atoms with E-state index in [2.05, 4.69) is 36.2 Å². The van der Waals surface area contributed by atoms with Gasteiger partial charge < -0.3 is 15.1 Å². The van der Waals surface area contributed by atoms with Gasteiger partial charge in [0, 0.05) is 5.41 Å². The molecule has 2 N–H and O–H groups in total. The number of likely N-dealkylation sites (tertiary alicyclic amines) is 1. The van der Waals surface area contributed by atoms with Gasteiger partial charge in [-0.2, -0.15) is 0 Å². The number of piperidine rings is 1. The van der Waals surface area contributed by atoms with Crippen molar-refractivity contribution in [2.24, 2.45) is 0 Å². The summed E-state index contributed by atoms with van der Waals surface area (Å²) in [5.74, 6) is 0.787. The second-order valence-corrected chi connectivity index (χ2v) is 7.80. The molecule has 1 saturated heterocycles. The average molecular weight is 339 g/mol. The summed E-state index contributed by atoms with van der Waals surface area (Å²) < 4.78 is 0. The number of phenols is 2. The normalized spacial score (nSPS) is 17.6. The number of aromatic hydroxyl groups is 2. The van der Waals surface area contributed by atoms with Crippen LogP contribution in [0.5, 0.6) is 11.5 Å². The highest BCUT2D eigenvalue weighted by Gasteiger charge is 2.38. The molecule has 0 amide bonds. The Morgan fingerprint density at radius 1 is 0.720 bits per heavy atom. The molecule has 1 fully saturated rings. The number of benzene rings is 2. The molecule has 1 aliphatic rings. The molecule has 134 valence electrons. The Morgan fingerprint density at radius 2 is 1.04 bits per heavy atom. The fraction of sp³-hybridized carbons (Fsp3) is 0.455. The van der Waals surface area contributed by atoms with Gasteiger partial charge in [0.15, 0.2) is 0 Å². The highest BCUT2D eigenvalue weighted by molar-refractivity contribution is 5.52. The van der Waals surface area contributed by atoms with Gasteiger partial charge in [-0.05, 0) is 94.1 Å². The van der Waals surface area contributed by atoms with Crippen LogP contribution in [0.1, 0.15) is 46.2 Å². The van der Waals surface area contributed by atoms with Crippen LogP contribution < -0.4 is 0 Å². The maximum Gasteiger partial charge on any atom is 0.121 e. The summed E-state index contributed by atoms with van der Waals surface area (Å²) in [7, 11) is 2.17. The van der Waals surface area contributed by atoms with Gasteiger partial charge in [-0.25, -0.2) is 0 Å². The lowest BCUT2D eigenvalue weighted by atomic mass is 9.67. The summed E-state index contributed by atoms with van der Waals surface area (Å²) >= 11 is 0. The smallest absolute Gasteiger partial charge is 0.121 e. The van der Waals surface area contributed by atoms with Gasteiger partial charge in [-0.1, -0.05) is 24.3 Å². The van der Waals surface area contributed by atoms with Gasteiger partial charge in [0.1, 0.15) is 11.5 Å². The Hall–Kier alpha value is -2.00. The minimum absolute atomic E-state index is 0.0705. The largest absolute Gasteiger partial charge is 0.507 e. The molecule has 3 nitrogen and oxygen atoms in total. The Bertz CT molecular complexity index is 696. The third-order valence-corrected chi connectivity index (χ3v) is 5.93. The van der Waals surface area contributed by atoms with E-state index in [0.717, 1.165) is 48.2 Å². The minimum atomic E-state index is -0.0705. The van der Waals surface area contributed by atoms with Crippen molar-refractivity contribution in [2.75, 3.05) is 20.1 Å². The van der Waals surface area contributed by atoms with Gasteiger partial charge in [0.25, 0.3) is 0 Å². The van der Waals surface area contributed by atoms with Gasteiger partial charge in [0.05, 0.1) is 0 Å². The average Bonchev–Trinajstić information content (AvgIpc) is 2.57. The number of nitrogens with zero attached hydrogens (tertiary/aromatic N) is 1. The number of phenolic OH excluding ortho intramolecular Hbond substituents is 2. The Morgan fingerprint density at radius 3 is 1.36 bits per heavy atom. The van der Waals surface area contributed by atoms with Gasteiger partial charge in [-0.15, -0.1) is 0 Å². The zero-order chi connectivity index (χ0) is 18.4. The molecule has 0 aliphatic carbocycles. The molecule has 0 spiro atoms. The lowest BCUT2D eigenvalue weighted by molar-refractivity contribution is 0.212. The van der Waals surface area contributed by atoms with Crippen molar-refractivity contribution in [3.05, 3.63) is 57.6 Å². The van der Waals surface area contributed by atoms with Crippen molar-refractivity contribution >= 4 is 0 Å². The molecule has 2 aromatic carbocycles. The quantitative estimate of drug-likeness (QED) is 0.855. The molecule has 3 rings (SSSR count). The van der Waals surface area contributed by atoms with Crippen LogP contribution in [-0.4, -0.2) is 35.3 Å². The predicted octanol–water partition coefficient (Wildman–Crippen LogP) is 4.34. The molecule has 0 radical (unpaired) electrons. The standard InChI is InChI=1S/C22H29NO2/c1-14-10-18(11-15(2)20(14)24)22(6-8-23(5)9-7-22)19-12-16(3)21(25)17(4)13-19/h10-13,24-25H,6-9H2,1-5H3. The summed E-state index contributed by atoms with van der Waals surface area (Å²) in [6.07, 6.45) is 2.08. The van der Waals surface area contributed by atoms with Gasteiger partial charge >= 0.3 is 0 Å². The van der Waals surface area contributed by atoms with Gasteiger partial charge in [-0.3, -0.25) is 0 Å². The van der Waals surface area contributed by atoms with E-state index >= 15 is 0 Å². The fourth-order valence-electron chi connectivity index (χ4n) is 4.21. The molecule has 1 aliphatic heterocycles. The third-order valence-electron chi connectivity index (χ3n) is 5.93. The van der Waals surface area contributed by atoms with Crippen molar-refractivity contribution in [3.8, 4) is 11.5 Å². The first-order valence-electron chi connectivity index (χ1n) is 9.04. The van der Waals surface area contributed by atoms with Crippen molar-refractivity contribution in [1.29, 1.82) is 0 Å². The van der Waals surface area contributed by atoms with Crippen LogP contribution in [0.3, 0.4) is 0 Å². The Balaban J connectivity index is 2.22. The Kier molecular flexibility index (Phi) is 4.54. The predicted molar refractivity (Wildman–Crippen MR) is 103 cm³/mol. The number of rotatable bonds is 2. The summed E-state index contributed by atoms with van der Waals surface area (Å²) in [5, 5.41) is 20.4. The van der Waals surface area contributed by atoms with E-state index in [1.54, 1.807) is 0 Å². The topological polar surface area (TPSA) is 43.7 Å². The summed E-state index contributed by atoms with van der Waals surface area (Å²) in [6, 6.07) is 8.58. The van der Waals surface area contributed by atoms with E-state index in [1.807, 2.05) is 27.7 Å². The van der Waals surface area contributed by atoms with E-state index in [9.17, 15) is 10.2 Å². The van der Waals surface area contributed by atoms with Gasteiger partial charge in [0.2, 0.25) is 0 Å². The van der Waals surface area contributed by atoms with Crippen LogP contribution >= 0.6 is 0 Å². The third kappa shape index (κ3) is 3.02. The van der Waals surface area contributed by atoms with Crippen LogP contribution in [0, 0.1) is 27.7 Å². The summed E-state index contributed by atoms with van der Waals surface area (Å²) in [5.41, 5.74) is 6.21. The van der Waals surface area contributed by atoms with E-state index in [4.69, 9.17) is 0 Å². The highest BCUT2D eigenvalue weighted by atomic mass is 16.3. The van der Waals surface area contributed by atoms with Crippen molar-refractivity contribution in [2.45, 2.75) is 46.0 Å². The molecule has 2 aromatic rings. The van der Waals surface area contributed by atoms with Crippen LogP contribution in [0.4, 0.5) is 0 Å². The first-order valence-corrected chi connectivity index (χ1v) is 9.04. The zero-order valence-corrected chi connectivity index (χ0v) is 16.0. The molecular weight excluding hydrogens is 310 g/mol. The van der Waals surface area contributed by atoms with Crippen LogP contribution in [-0.2, 0) is 5.41 Å². The van der Waals surface area contributed by atoms with Crippen molar-refractivity contribution in [3.63, 3.8) is 0 Å². The molecule has 0 bridgehead atoms. The molecular formula is C22H29NO2. The zero-order valence-electron chi connectivity index (χ0n) is 16.0. The fourth-order valence-corrected chi connectivity index (χ4v) is 4.21. The summed E-state index contributed by atoms with van der Waals surface area (Å²) in [6.45, 7) is 9.98. The lowest BCUT2D eigenvalue weighted by Crippen LogP contribution is -2.41. The molecule has 25 heavy (non-hydrogen) atoms. The van der Waals surface area contributed by atoms with Crippen LogP contribution in [0.25, 0.3) is 0 Å². The lowest BCUT2D eigenvalue weighted by Gasteiger charge is -2.42. The second-order valence-electron chi connectivity index (χ2n) is 7.80. The van der Waals surface area contributed by atoms with Crippen molar-refractivity contribution < 1.29 is 10.2 Å². The first kappa shape index (κ1) is 17.8. The molecule has 0 aromatic heterocycles. The molecule has 1 heterocycles. The highest BCUT2D eigenvalue weighted by Crippen LogP contribution is 2.44. The van der Waals surface area contributed by atoms with Crippen molar-refractivity contribution in [1.82, 2.24) is 4.90 Å². The molecule has 0 atom stereocenters. The number of hydrogen-bond donors (Lipinski definition) is 2. The maximum absolute atomic E-state index is 10.2. The second kappa shape index (κ2) is 6.38. The van der Waals surface area contributed by atoms with E-state index in [0.29, 0.717) is 11.5 Å². The van der Waals surface area contributed by atoms with E-state index in [1.165, 1.54) is 11.1 Å². The summed E-state index contributed by atoms with van der Waals surface area (Å²) in [4.78, 5) is 2.37. The molecule has 0 unspecified atom stereocenters. The SMILES string of the molecule is Cc1cc(C2(c3cc(C)c(O)c(C)c3)CCN(C)CC2)cc(C)c1O.